The van der Waals surface area contributed by atoms with Crippen LogP contribution in [0.1, 0.15) is 41.8 Å². The Morgan fingerprint density at radius 3 is 2.51 bits per heavy atom. The molecule has 2 N–H and O–H groups in total. The summed E-state index contributed by atoms with van der Waals surface area (Å²) in [5, 5.41) is 13.5. The van der Waals surface area contributed by atoms with E-state index in [0.717, 1.165) is 54.5 Å². The standard InChI is InChI=1S/C28H30F2N2O6S/c1-16(2)14-38-10-6-8-17-7-5-9-19(25(17)37-4)23-15-39-28(31-23)32-26(33)18-11-21(29)20(22(30)12-18)13-24(36-3)27(34)35/h5,7,9,11-13,15-16H,6,8,10,14H2,1-4H3,(H,34,35)(H,31,32,33)/b24-13-. The Balaban J connectivity index is 1.75. The summed E-state index contributed by atoms with van der Waals surface area (Å²) in [6.45, 7) is 5.56. The van der Waals surface area contributed by atoms with Crippen LogP contribution in [0.2, 0.25) is 0 Å². The topological polar surface area (TPSA) is 107 Å². The van der Waals surface area contributed by atoms with Gasteiger partial charge in [0.15, 0.2) is 5.13 Å². The molecular weight excluding hydrogens is 530 g/mol. The van der Waals surface area contributed by atoms with Crippen molar-refractivity contribution in [2.75, 3.05) is 32.8 Å². The Labute approximate surface area is 229 Å². The quantitative estimate of drug-likeness (QED) is 0.149. The molecule has 0 fully saturated rings. The molecule has 8 nitrogen and oxygen atoms in total. The molecule has 3 rings (SSSR count). The van der Waals surface area contributed by atoms with E-state index in [2.05, 4.69) is 28.9 Å². The number of carboxylic acid groups (broad SMARTS) is 1. The molecule has 1 heterocycles. The van der Waals surface area contributed by atoms with E-state index in [1.54, 1.807) is 12.5 Å². The number of carbonyl (C=O) groups excluding carboxylic acids is 1. The Morgan fingerprint density at radius 2 is 1.90 bits per heavy atom. The van der Waals surface area contributed by atoms with Gasteiger partial charge >= 0.3 is 5.97 Å². The van der Waals surface area contributed by atoms with Gasteiger partial charge in [-0.1, -0.05) is 26.0 Å². The van der Waals surface area contributed by atoms with Gasteiger partial charge in [-0.05, 0) is 42.5 Å². The van der Waals surface area contributed by atoms with E-state index in [0.29, 0.717) is 36.7 Å². The Morgan fingerprint density at radius 1 is 1.18 bits per heavy atom. The lowest BCUT2D eigenvalue weighted by Crippen LogP contribution is -2.13. The van der Waals surface area contributed by atoms with Crippen LogP contribution >= 0.6 is 11.3 Å². The summed E-state index contributed by atoms with van der Waals surface area (Å²) in [5.41, 5.74) is 1.38. The number of para-hydroxylation sites is 1. The van der Waals surface area contributed by atoms with E-state index in [1.165, 1.54) is 0 Å². The van der Waals surface area contributed by atoms with Crippen molar-refractivity contribution in [1.29, 1.82) is 0 Å². The average Bonchev–Trinajstić information content (AvgIpc) is 3.35. The first kappa shape index (κ1) is 29.7. The van der Waals surface area contributed by atoms with Gasteiger partial charge in [0, 0.05) is 41.4 Å². The van der Waals surface area contributed by atoms with E-state index < -0.39 is 34.8 Å². The number of aliphatic carboxylic acids is 1. The van der Waals surface area contributed by atoms with Crippen molar-refractivity contribution in [3.8, 4) is 17.0 Å². The van der Waals surface area contributed by atoms with Crippen LogP contribution in [0.25, 0.3) is 17.3 Å². The number of carbonyl (C=O) groups is 2. The fraction of sp³-hybridized carbons (Fsp3) is 0.321. The SMILES string of the molecule is CO/C(=C\c1c(F)cc(C(=O)Nc2nc(-c3cccc(CCCOCC(C)C)c3OC)cs2)cc1F)C(=O)O. The molecule has 0 spiro atoms. The number of nitrogens with zero attached hydrogens (tertiary/aromatic N) is 1. The average molecular weight is 561 g/mol. The van der Waals surface area contributed by atoms with E-state index in [1.807, 2.05) is 18.2 Å². The van der Waals surface area contributed by atoms with Crippen LogP contribution in [0.4, 0.5) is 13.9 Å². The number of rotatable bonds is 13. The van der Waals surface area contributed by atoms with Crippen molar-refractivity contribution < 1.29 is 37.7 Å². The van der Waals surface area contributed by atoms with Gasteiger partial charge in [0.2, 0.25) is 5.76 Å². The first-order chi connectivity index (χ1) is 18.6. The van der Waals surface area contributed by atoms with Crippen molar-refractivity contribution in [3.05, 3.63) is 69.8 Å². The molecule has 0 aliphatic carbocycles. The van der Waals surface area contributed by atoms with Gasteiger partial charge in [-0.25, -0.2) is 18.6 Å². The molecule has 0 bridgehead atoms. The van der Waals surface area contributed by atoms with E-state index in [9.17, 15) is 18.4 Å². The number of hydrogen-bond donors (Lipinski definition) is 2. The molecular formula is C28H30F2N2O6S. The lowest BCUT2D eigenvalue weighted by Gasteiger charge is -2.13. The molecule has 11 heteroatoms. The Bertz CT molecular complexity index is 1330. The molecule has 1 aromatic heterocycles. The second kappa shape index (κ2) is 13.8. The second-order valence-electron chi connectivity index (χ2n) is 8.93. The zero-order valence-electron chi connectivity index (χ0n) is 22.0. The molecule has 208 valence electrons. The molecule has 0 aliphatic rings. The van der Waals surface area contributed by atoms with Gasteiger partial charge in [-0.3, -0.25) is 10.1 Å². The first-order valence-corrected chi connectivity index (χ1v) is 13.0. The van der Waals surface area contributed by atoms with Crippen LogP contribution in [0.15, 0.2) is 41.5 Å². The van der Waals surface area contributed by atoms with Gasteiger partial charge in [0.1, 0.15) is 17.4 Å². The molecule has 2 aromatic carbocycles. The third-order valence-electron chi connectivity index (χ3n) is 5.53. The molecule has 0 aliphatic heterocycles. The minimum Gasteiger partial charge on any atom is -0.496 e. The smallest absolute Gasteiger partial charge is 0.371 e. The zero-order chi connectivity index (χ0) is 28.5. The highest BCUT2D eigenvalue weighted by Crippen LogP contribution is 2.35. The lowest BCUT2D eigenvalue weighted by atomic mass is 10.0. The lowest BCUT2D eigenvalue weighted by molar-refractivity contribution is -0.135. The van der Waals surface area contributed by atoms with Gasteiger partial charge in [-0.2, -0.15) is 0 Å². The first-order valence-electron chi connectivity index (χ1n) is 12.1. The van der Waals surface area contributed by atoms with Crippen LogP contribution < -0.4 is 10.1 Å². The second-order valence-corrected chi connectivity index (χ2v) is 9.79. The maximum absolute atomic E-state index is 14.5. The summed E-state index contributed by atoms with van der Waals surface area (Å²) in [6.07, 6.45) is 2.29. The number of methoxy groups -OCH3 is 2. The third kappa shape index (κ3) is 7.84. The van der Waals surface area contributed by atoms with Crippen molar-refractivity contribution >= 4 is 34.4 Å². The monoisotopic (exact) mass is 560 g/mol. The summed E-state index contributed by atoms with van der Waals surface area (Å²) >= 11 is 1.15. The van der Waals surface area contributed by atoms with Crippen molar-refractivity contribution in [2.45, 2.75) is 26.7 Å². The molecule has 39 heavy (non-hydrogen) atoms. The Kier molecular flexibility index (Phi) is 10.5. The van der Waals surface area contributed by atoms with Crippen LogP contribution in [0.5, 0.6) is 5.75 Å². The summed E-state index contributed by atoms with van der Waals surface area (Å²) in [4.78, 5) is 28.2. The van der Waals surface area contributed by atoms with Crippen molar-refractivity contribution in [1.82, 2.24) is 4.98 Å². The number of aromatic nitrogens is 1. The minimum absolute atomic E-state index is 0.224. The van der Waals surface area contributed by atoms with Crippen molar-refractivity contribution in [3.63, 3.8) is 0 Å². The number of carboxylic acids is 1. The number of nitrogens with one attached hydrogen (secondary N) is 1. The maximum Gasteiger partial charge on any atom is 0.371 e. The maximum atomic E-state index is 14.5. The van der Waals surface area contributed by atoms with Crippen molar-refractivity contribution in [2.24, 2.45) is 5.92 Å². The van der Waals surface area contributed by atoms with Crippen LogP contribution in [0, 0.1) is 17.6 Å². The highest BCUT2D eigenvalue weighted by molar-refractivity contribution is 7.14. The van der Waals surface area contributed by atoms with E-state index in [4.69, 9.17) is 14.6 Å². The normalized spacial score (nSPS) is 11.5. The minimum atomic E-state index is -1.49. The summed E-state index contributed by atoms with van der Waals surface area (Å²) < 4.78 is 45.0. The number of anilines is 1. The predicted octanol–water partition coefficient (Wildman–Crippen LogP) is 6.03. The van der Waals surface area contributed by atoms with E-state index >= 15 is 0 Å². The fourth-order valence-corrected chi connectivity index (χ4v) is 4.43. The summed E-state index contributed by atoms with van der Waals surface area (Å²) in [5.74, 6) is -4.01. The number of benzene rings is 2. The van der Waals surface area contributed by atoms with E-state index in [-0.39, 0.29) is 10.7 Å². The van der Waals surface area contributed by atoms with Gasteiger partial charge in [0.05, 0.1) is 19.9 Å². The van der Waals surface area contributed by atoms with Gasteiger partial charge in [-0.15, -0.1) is 11.3 Å². The molecule has 0 saturated heterocycles. The predicted molar refractivity (Wildman–Crippen MR) is 145 cm³/mol. The zero-order valence-corrected chi connectivity index (χ0v) is 22.9. The number of aryl methyl sites for hydroxylation is 1. The summed E-state index contributed by atoms with van der Waals surface area (Å²) in [7, 11) is 2.65. The molecule has 0 radical (unpaired) electrons. The number of thiazole rings is 1. The number of hydrogen-bond acceptors (Lipinski definition) is 7. The highest BCUT2D eigenvalue weighted by atomic mass is 32.1. The van der Waals surface area contributed by atoms with Gasteiger partial charge < -0.3 is 19.3 Å². The molecule has 0 atom stereocenters. The number of halogens is 2. The summed E-state index contributed by atoms with van der Waals surface area (Å²) in [6, 6.07) is 7.37. The highest BCUT2D eigenvalue weighted by Gasteiger charge is 2.19. The van der Waals surface area contributed by atoms with Gasteiger partial charge in [0.25, 0.3) is 5.91 Å². The molecule has 0 unspecified atom stereocenters. The molecule has 0 saturated carbocycles. The van der Waals surface area contributed by atoms with Crippen LogP contribution in [0.3, 0.4) is 0 Å². The van der Waals surface area contributed by atoms with Crippen LogP contribution in [-0.2, 0) is 20.7 Å². The Hall–Kier alpha value is -3.83. The number of ether oxygens (including phenoxy) is 3. The molecule has 1 amide bonds. The fourth-order valence-electron chi connectivity index (χ4n) is 3.72. The molecule has 3 aromatic rings. The largest absolute Gasteiger partial charge is 0.496 e. The number of amides is 1. The van der Waals surface area contributed by atoms with Crippen LogP contribution in [-0.4, -0.2) is 49.4 Å². The third-order valence-corrected chi connectivity index (χ3v) is 6.29.